The zero-order valence-electron chi connectivity index (χ0n) is 12.1. The van der Waals surface area contributed by atoms with Crippen molar-refractivity contribution >= 4 is 11.3 Å². The number of aliphatic hydroxyl groups excluding tert-OH is 1. The van der Waals surface area contributed by atoms with E-state index in [-0.39, 0.29) is 6.04 Å². The normalized spacial score (nSPS) is 14.4. The molecule has 1 heterocycles. The lowest BCUT2D eigenvalue weighted by atomic mass is 9.97. The zero-order valence-corrected chi connectivity index (χ0v) is 12.9. The lowest BCUT2D eigenvalue weighted by Gasteiger charge is -2.27. The molecule has 0 amide bonds. The monoisotopic (exact) mass is 289 g/mol. The highest BCUT2D eigenvalue weighted by molar-refractivity contribution is 7.10. The van der Waals surface area contributed by atoms with Crippen LogP contribution in [-0.4, -0.2) is 17.7 Å². The minimum absolute atomic E-state index is 0.0948. The van der Waals surface area contributed by atoms with Crippen LogP contribution in [0.15, 0.2) is 47.8 Å². The highest BCUT2D eigenvalue weighted by atomic mass is 32.1. The third kappa shape index (κ3) is 4.17. The van der Waals surface area contributed by atoms with E-state index in [1.807, 2.05) is 23.6 Å². The van der Waals surface area contributed by atoms with Crippen molar-refractivity contribution in [3.63, 3.8) is 0 Å². The second-order valence-corrected chi connectivity index (χ2v) is 6.40. The third-order valence-electron chi connectivity index (χ3n) is 3.53. The van der Waals surface area contributed by atoms with Gasteiger partial charge < -0.3 is 10.4 Å². The van der Waals surface area contributed by atoms with Crippen LogP contribution in [0.4, 0.5) is 0 Å². The number of rotatable bonds is 7. The standard InChI is InChI=1S/C17H23NOS/c1-13(2)16(17(19)15-9-6-12-20-15)18-11-10-14-7-4-3-5-8-14/h3-9,12-13,16-19H,10-11H2,1-2H3. The van der Waals surface area contributed by atoms with E-state index in [2.05, 4.69) is 43.4 Å². The highest BCUT2D eigenvalue weighted by Crippen LogP contribution is 2.25. The van der Waals surface area contributed by atoms with Gasteiger partial charge in [0.05, 0.1) is 0 Å². The molecule has 0 saturated carbocycles. The number of aliphatic hydroxyl groups is 1. The van der Waals surface area contributed by atoms with Gasteiger partial charge in [-0.05, 0) is 35.9 Å². The molecule has 0 radical (unpaired) electrons. The summed E-state index contributed by atoms with van der Waals surface area (Å²) in [5.74, 6) is 0.392. The minimum atomic E-state index is -0.425. The van der Waals surface area contributed by atoms with Crippen molar-refractivity contribution in [3.05, 3.63) is 58.3 Å². The van der Waals surface area contributed by atoms with Crippen molar-refractivity contribution in [2.24, 2.45) is 5.92 Å². The molecule has 1 aromatic carbocycles. The molecule has 2 atom stereocenters. The molecule has 20 heavy (non-hydrogen) atoms. The molecule has 0 fully saturated rings. The molecule has 0 aliphatic carbocycles. The molecule has 0 aliphatic heterocycles. The molecule has 1 aromatic heterocycles. The fraction of sp³-hybridized carbons (Fsp3) is 0.412. The van der Waals surface area contributed by atoms with Gasteiger partial charge in [-0.25, -0.2) is 0 Å². The van der Waals surface area contributed by atoms with E-state index in [9.17, 15) is 5.11 Å². The maximum atomic E-state index is 10.5. The molecule has 2 unspecified atom stereocenters. The van der Waals surface area contributed by atoms with E-state index in [0.717, 1.165) is 17.8 Å². The van der Waals surface area contributed by atoms with Crippen LogP contribution in [0.1, 0.15) is 30.4 Å². The maximum Gasteiger partial charge on any atom is 0.104 e. The van der Waals surface area contributed by atoms with Crippen LogP contribution in [0.25, 0.3) is 0 Å². The van der Waals surface area contributed by atoms with Crippen LogP contribution < -0.4 is 5.32 Å². The Labute approximate surface area is 125 Å². The molecule has 2 N–H and O–H groups in total. The van der Waals surface area contributed by atoms with Gasteiger partial charge >= 0.3 is 0 Å². The Morgan fingerprint density at radius 3 is 2.45 bits per heavy atom. The summed E-state index contributed by atoms with van der Waals surface area (Å²) in [7, 11) is 0. The van der Waals surface area contributed by atoms with E-state index in [4.69, 9.17) is 0 Å². The SMILES string of the molecule is CC(C)C(NCCc1ccccc1)C(O)c1cccs1. The molecule has 2 aromatic rings. The Hall–Kier alpha value is -1.16. The van der Waals surface area contributed by atoms with Crippen LogP contribution >= 0.6 is 11.3 Å². The number of benzene rings is 1. The van der Waals surface area contributed by atoms with Crippen molar-refractivity contribution < 1.29 is 5.11 Å². The zero-order chi connectivity index (χ0) is 14.4. The Bertz CT molecular complexity index is 481. The lowest BCUT2D eigenvalue weighted by molar-refractivity contribution is 0.109. The van der Waals surface area contributed by atoms with E-state index < -0.39 is 6.10 Å². The van der Waals surface area contributed by atoms with E-state index in [0.29, 0.717) is 5.92 Å². The molecule has 108 valence electrons. The number of hydrogen-bond acceptors (Lipinski definition) is 3. The summed E-state index contributed by atoms with van der Waals surface area (Å²) in [5.41, 5.74) is 1.33. The van der Waals surface area contributed by atoms with Gasteiger partial charge in [-0.1, -0.05) is 50.2 Å². The lowest BCUT2D eigenvalue weighted by Crippen LogP contribution is -2.40. The summed E-state index contributed by atoms with van der Waals surface area (Å²) >= 11 is 1.62. The van der Waals surface area contributed by atoms with E-state index >= 15 is 0 Å². The van der Waals surface area contributed by atoms with Gasteiger partial charge in [-0.3, -0.25) is 0 Å². The molecule has 2 rings (SSSR count). The van der Waals surface area contributed by atoms with Gasteiger partial charge in [-0.15, -0.1) is 11.3 Å². The van der Waals surface area contributed by atoms with Gasteiger partial charge in [-0.2, -0.15) is 0 Å². The Balaban J connectivity index is 1.90. The first-order valence-corrected chi connectivity index (χ1v) is 8.05. The largest absolute Gasteiger partial charge is 0.386 e. The smallest absolute Gasteiger partial charge is 0.104 e. The van der Waals surface area contributed by atoms with Crippen molar-refractivity contribution in [3.8, 4) is 0 Å². The predicted molar refractivity (Wildman–Crippen MR) is 86.1 cm³/mol. The summed E-state index contributed by atoms with van der Waals surface area (Å²) < 4.78 is 0. The Morgan fingerprint density at radius 1 is 1.10 bits per heavy atom. The summed E-state index contributed by atoms with van der Waals surface area (Å²) in [6, 6.07) is 14.5. The number of nitrogens with one attached hydrogen (secondary N) is 1. The molecule has 0 saturated heterocycles. The fourth-order valence-corrected chi connectivity index (χ4v) is 3.13. The van der Waals surface area contributed by atoms with Gasteiger partial charge in [0.1, 0.15) is 6.10 Å². The number of thiophene rings is 1. The second-order valence-electron chi connectivity index (χ2n) is 5.42. The first-order chi connectivity index (χ1) is 9.68. The quantitative estimate of drug-likeness (QED) is 0.815. The van der Waals surface area contributed by atoms with Crippen LogP contribution in [0.5, 0.6) is 0 Å². The summed E-state index contributed by atoms with van der Waals surface area (Å²) in [4.78, 5) is 1.04. The molecular weight excluding hydrogens is 266 g/mol. The van der Waals surface area contributed by atoms with E-state index in [1.54, 1.807) is 11.3 Å². The third-order valence-corrected chi connectivity index (χ3v) is 4.47. The highest BCUT2D eigenvalue weighted by Gasteiger charge is 2.24. The van der Waals surface area contributed by atoms with Crippen LogP contribution in [0, 0.1) is 5.92 Å². The summed E-state index contributed by atoms with van der Waals surface area (Å²) in [6.45, 7) is 5.18. The molecule has 0 aliphatic rings. The van der Waals surface area contributed by atoms with Crippen molar-refractivity contribution in [2.75, 3.05) is 6.54 Å². The fourth-order valence-electron chi connectivity index (χ4n) is 2.38. The maximum absolute atomic E-state index is 10.5. The second kappa shape index (κ2) is 7.58. The van der Waals surface area contributed by atoms with Crippen molar-refractivity contribution in [1.29, 1.82) is 0 Å². The number of hydrogen-bond donors (Lipinski definition) is 2. The average Bonchev–Trinajstić information content (AvgIpc) is 2.98. The molecule has 2 nitrogen and oxygen atoms in total. The molecule has 0 bridgehead atoms. The van der Waals surface area contributed by atoms with E-state index in [1.165, 1.54) is 5.56 Å². The Kier molecular flexibility index (Phi) is 5.77. The van der Waals surface area contributed by atoms with Crippen LogP contribution in [0.3, 0.4) is 0 Å². The molecule has 3 heteroatoms. The topological polar surface area (TPSA) is 32.3 Å². The predicted octanol–water partition coefficient (Wildman–Crippen LogP) is 3.64. The van der Waals surface area contributed by atoms with Crippen LogP contribution in [0.2, 0.25) is 0 Å². The van der Waals surface area contributed by atoms with Gasteiger partial charge in [0.15, 0.2) is 0 Å². The first-order valence-electron chi connectivity index (χ1n) is 7.17. The average molecular weight is 289 g/mol. The summed E-state index contributed by atoms with van der Waals surface area (Å²) in [6.07, 6.45) is 0.562. The molecule has 0 spiro atoms. The van der Waals surface area contributed by atoms with Crippen molar-refractivity contribution in [1.82, 2.24) is 5.32 Å². The minimum Gasteiger partial charge on any atom is -0.386 e. The van der Waals surface area contributed by atoms with Crippen molar-refractivity contribution in [2.45, 2.75) is 32.4 Å². The summed E-state index contributed by atoms with van der Waals surface area (Å²) in [5, 5.41) is 16.0. The van der Waals surface area contributed by atoms with Gasteiger partial charge in [0, 0.05) is 10.9 Å². The first kappa shape index (κ1) is 15.2. The van der Waals surface area contributed by atoms with Gasteiger partial charge in [0.25, 0.3) is 0 Å². The molecular formula is C17H23NOS. The van der Waals surface area contributed by atoms with Gasteiger partial charge in [0.2, 0.25) is 0 Å². The van der Waals surface area contributed by atoms with Crippen LogP contribution in [-0.2, 0) is 6.42 Å². The Morgan fingerprint density at radius 2 is 1.85 bits per heavy atom.